The van der Waals surface area contributed by atoms with Crippen LogP contribution in [0.3, 0.4) is 0 Å². The Balaban J connectivity index is 2.06. The number of carbonyl (C=O) groups is 1. The third-order valence-electron chi connectivity index (χ3n) is 3.17. The number of rotatable bonds is 2. The maximum atomic E-state index is 13.2. The predicted molar refractivity (Wildman–Crippen MR) is 75.9 cm³/mol. The summed E-state index contributed by atoms with van der Waals surface area (Å²) in [7, 11) is 1.59. The zero-order valence-electron chi connectivity index (χ0n) is 10.8. The van der Waals surface area contributed by atoms with Gasteiger partial charge in [0.15, 0.2) is 0 Å². The van der Waals surface area contributed by atoms with E-state index in [-0.39, 0.29) is 11.7 Å². The summed E-state index contributed by atoms with van der Waals surface area (Å²) in [6.07, 6.45) is 1.77. The van der Waals surface area contributed by atoms with Crippen molar-refractivity contribution in [2.24, 2.45) is 0 Å². The molecule has 3 nitrogen and oxygen atoms in total. The number of anilines is 1. The molecule has 3 rings (SSSR count). The Labute approximate surface area is 115 Å². The Hall–Kier alpha value is -2.62. The summed E-state index contributed by atoms with van der Waals surface area (Å²) in [6, 6.07) is 11.7. The van der Waals surface area contributed by atoms with Gasteiger partial charge in [-0.1, -0.05) is 12.1 Å². The molecule has 1 aliphatic heterocycles. The first-order valence-corrected chi connectivity index (χ1v) is 6.14. The molecule has 0 atom stereocenters. The number of fused-ring (bicyclic) bond motifs is 1. The van der Waals surface area contributed by atoms with Gasteiger partial charge in [-0.05, 0) is 42.0 Å². The molecule has 0 radical (unpaired) electrons. The van der Waals surface area contributed by atoms with E-state index >= 15 is 0 Å². The lowest BCUT2D eigenvalue weighted by Gasteiger charge is -2.02. The summed E-state index contributed by atoms with van der Waals surface area (Å²) in [5.41, 5.74) is 2.59. The van der Waals surface area contributed by atoms with Gasteiger partial charge in [-0.25, -0.2) is 4.39 Å². The Morgan fingerprint density at radius 2 is 2.05 bits per heavy atom. The Morgan fingerprint density at radius 1 is 1.20 bits per heavy atom. The number of nitrogens with one attached hydrogen (secondary N) is 1. The fourth-order valence-corrected chi connectivity index (χ4v) is 2.21. The van der Waals surface area contributed by atoms with Crippen molar-refractivity contribution < 1.29 is 13.9 Å². The number of amides is 1. The van der Waals surface area contributed by atoms with Crippen LogP contribution in [-0.4, -0.2) is 13.0 Å². The quantitative estimate of drug-likeness (QED) is 0.849. The second-order valence-corrected chi connectivity index (χ2v) is 4.48. The molecule has 1 aliphatic rings. The van der Waals surface area contributed by atoms with Crippen LogP contribution >= 0.6 is 0 Å². The second kappa shape index (κ2) is 4.81. The molecule has 1 heterocycles. The summed E-state index contributed by atoms with van der Waals surface area (Å²) in [5.74, 6) is 0.122. The molecule has 1 amide bonds. The lowest BCUT2D eigenvalue weighted by molar-refractivity contribution is -0.110. The number of methoxy groups -OCH3 is 1. The van der Waals surface area contributed by atoms with E-state index < -0.39 is 0 Å². The first-order chi connectivity index (χ1) is 9.67. The number of ether oxygens (including phenoxy) is 1. The van der Waals surface area contributed by atoms with Crippen molar-refractivity contribution in [3.8, 4) is 5.75 Å². The van der Waals surface area contributed by atoms with Crippen LogP contribution in [0.5, 0.6) is 5.75 Å². The molecule has 100 valence electrons. The zero-order chi connectivity index (χ0) is 14.1. The molecule has 0 bridgehead atoms. The molecule has 0 unspecified atom stereocenters. The van der Waals surface area contributed by atoms with Gasteiger partial charge >= 0.3 is 0 Å². The third kappa shape index (κ3) is 2.16. The molecule has 0 aliphatic carbocycles. The lowest BCUT2D eigenvalue weighted by atomic mass is 10.0. The van der Waals surface area contributed by atoms with Gasteiger partial charge in [0.1, 0.15) is 11.6 Å². The highest BCUT2D eigenvalue weighted by molar-refractivity contribution is 6.34. The van der Waals surface area contributed by atoms with Crippen molar-refractivity contribution in [2.75, 3.05) is 12.4 Å². The first kappa shape index (κ1) is 12.4. The topological polar surface area (TPSA) is 38.3 Å². The van der Waals surface area contributed by atoms with Crippen molar-refractivity contribution in [2.45, 2.75) is 0 Å². The Kier molecular flexibility index (Phi) is 2.99. The summed E-state index contributed by atoms with van der Waals surface area (Å²) >= 11 is 0. The van der Waals surface area contributed by atoms with Crippen LogP contribution in [0.15, 0.2) is 42.5 Å². The lowest BCUT2D eigenvalue weighted by Crippen LogP contribution is -2.03. The van der Waals surface area contributed by atoms with E-state index in [1.165, 1.54) is 12.1 Å². The van der Waals surface area contributed by atoms with Crippen molar-refractivity contribution in [1.82, 2.24) is 0 Å². The van der Waals surface area contributed by atoms with Crippen LogP contribution in [-0.2, 0) is 4.79 Å². The van der Waals surface area contributed by atoms with Crippen LogP contribution in [0.25, 0.3) is 11.6 Å². The zero-order valence-corrected chi connectivity index (χ0v) is 10.8. The molecular weight excluding hydrogens is 257 g/mol. The van der Waals surface area contributed by atoms with Crippen molar-refractivity contribution in [3.05, 3.63) is 59.4 Å². The van der Waals surface area contributed by atoms with E-state index in [1.54, 1.807) is 19.3 Å². The van der Waals surface area contributed by atoms with E-state index in [4.69, 9.17) is 4.74 Å². The van der Waals surface area contributed by atoms with Crippen LogP contribution in [0, 0.1) is 5.82 Å². The summed E-state index contributed by atoms with van der Waals surface area (Å²) < 4.78 is 18.3. The average molecular weight is 269 g/mol. The minimum absolute atomic E-state index is 0.228. The molecule has 0 saturated carbocycles. The molecule has 0 saturated heterocycles. The van der Waals surface area contributed by atoms with Crippen LogP contribution < -0.4 is 10.1 Å². The average Bonchev–Trinajstić information content (AvgIpc) is 2.74. The SMILES string of the molecule is COc1cccc(/C=C2/C(=O)Nc3cc(F)ccc32)c1. The smallest absolute Gasteiger partial charge is 0.256 e. The van der Waals surface area contributed by atoms with Gasteiger partial charge < -0.3 is 10.1 Å². The fourth-order valence-electron chi connectivity index (χ4n) is 2.21. The highest BCUT2D eigenvalue weighted by Gasteiger charge is 2.24. The van der Waals surface area contributed by atoms with Crippen LogP contribution in [0.1, 0.15) is 11.1 Å². The second-order valence-electron chi connectivity index (χ2n) is 4.48. The highest BCUT2D eigenvalue weighted by Crippen LogP contribution is 2.33. The molecule has 0 aromatic heterocycles. The molecule has 1 N–H and O–H groups in total. The molecule has 20 heavy (non-hydrogen) atoms. The van der Waals surface area contributed by atoms with Crippen molar-refractivity contribution in [3.63, 3.8) is 0 Å². The first-order valence-electron chi connectivity index (χ1n) is 6.14. The van der Waals surface area contributed by atoms with E-state index in [2.05, 4.69) is 5.32 Å². The van der Waals surface area contributed by atoms with E-state index in [1.807, 2.05) is 24.3 Å². The number of benzene rings is 2. The van der Waals surface area contributed by atoms with Gasteiger partial charge in [0.25, 0.3) is 5.91 Å². The number of carbonyl (C=O) groups excluding carboxylic acids is 1. The van der Waals surface area contributed by atoms with Crippen molar-refractivity contribution >= 4 is 23.2 Å². The molecule has 2 aromatic rings. The van der Waals surface area contributed by atoms with Crippen LogP contribution in [0.2, 0.25) is 0 Å². The summed E-state index contributed by atoms with van der Waals surface area (Å²) in [5, 5.41) is 2.66. The van der Waals surface area contributed by atoms with Crippen LogP contribution in [0.4, 0.5) is 10.1 Å². The molecular formula is C16H12FNO2. The van der Waals surface area contributed by atoms with Gasteiger partial charge in [0.2, 0.25) is 0 Å². The Morgan fingerprint density at radius 3 is 2.85 bits per heavy atom. The van der Waals surface area contributed by atoms with Gasteiger partial charge in [-0.3, -0.25) is 4.79 Å². The van der Waals surface area contributed by atoms with E-state index in [0.29, 0.717) is 16.8 Å². The van der Waals surface area contributed by atoms with E-state index in [0.717, 1.165) is 11.3 Å². The number of hydrogen-bond acceptors (Lipinski definition) is 2. The third-order valence-corrected chi connectivity index (χ3v) is 3.17. The minimum Gasteiger partial charge on any atom is -0.497 e. The van der Waals surface area contributed by atoms with E-state index in [9.17, 15) is 9.18 Å². The van der Waals surface area contributed by atoms with Gasteiger partial charge in [-0.2, -0.15) is 0 Å². The molecule has 0 spiro atoms. The highest BCUT2D eigenvalue weighted by atomic mass is 19.1. The largest absolute Gasteiger partial charge is 0.497 e. The fraction of sp³-hybridized carbons (Fsp3) is 0.0625. The van der Waals surface area contributed by atoms with Gasteiger partial charge in [0, 0.05) is 11.1 Å². The molecule has 4 heteroatoms. The monoisotopic (exact) mass is 269 g/mol. The Bertz CT molecular complexity index is 722. The standard InChI is InChI=1S/C16H12FNO2/c1-20-12-4-2-3-10(7-12)8-14-13-6-5-11(17)9-15(13)18-16(14)19/h2-9H,1H3,(H,18,19)/b14-8+. The summed E-state index contributed by atoms with van der Waals surface area (Å²) in [6.45, 7) is 0. The molecule has 0 fully saturated rings. The number of halogens is 1. The van der Waals surface area contributed by atoms with Crippen molar-refractivity contribution in [1.29, 1.82) is 0 Å². The predicted octanol–water partition coefficient (Wildman–Crippen LogP) is 3.33. The summed E-state index contributed by atoms with van der Waals surface area (Å²) in [4.78, 5) is 12.0. The molecule has 2 aromatic carbocycles. The minimum atomic E-state index is -0.369. The maximum Gasteiger partial charge on any atom is 0.256 e. The van der Waals surface area contributed by atoms with Gasteiger partial charge in [0.05, 0.1) is 12.8 Å². The number of hydrogen-bond donors (Lipinski definition) is 1. The maximum absolute atomic E-state index is 13.2. The van der Waals surface area contributed by atoms with Gasteiger partial charge in [-0.15, -0.1) is 0 Å². The normalized spacial score (nSPS) is 15.1.